The molecule has 2 aliphatic carbocycles. The van der Waals surface area contributed by atoms with Gasteiger partial charge in [0.1, 0.15) is 17.8 Å². The molecule has 1 saturated carbocycles. The van der Waals surface area contributed by atoms with Gasteiger partial charge in [-0.2, -0.15) is 0 Å². The van der Waals surface area contributed by atoms with Crippen LogP contribution in [0, 0.1) is 11.7 Å². The lowest BCUT2D eigenvalue weighted by Gasteiger charge is -2.37. The predicted molar refractivity (Wildman–Crippen MR) is 134 cm³/mol. The van der Waals surface area contributed by atoms with E-state index in [1.165, 1.54) is 12.1 Å². The van der Waals surface area contributed by atoms with Crippen molar-refractivity contribution in [1.29, 1.82) is 0 Å². The van der Waals surface area contributed by atoms with Gasteiger partial charge in [0.05, 0.1) is 0 Å². The van der Waals surface area contributed by atoms with E-state index in [0.29, 0.717) is 29.1 Å². The molecule has 3 atom stereocenters. The van der Waals surface area contributed by atoms with E-state index in [9.17, 15) is 14.0 Å². The van der Waals surface area contributed by atoms with E-state index in [4.69, 9.17) is 21.3 Å². The van der Waals surface area contributed by atoms with Gasteiger partial charge in [-0.25, -0.2) is 4.39 Å². The quantitative estimate of drug-likeness (QED) is 0.434. The highest BCUT2D eigenvalue weighted by Gasteiger charge is 2.45. The van der Waals surface area contributed by atoms with Gasteiger partial charge in [-0.15, -0.1) is 0 Å². The fourth-order valence-electron chi connectivity index (χ4n) is 5.79. The molecule has 4 nitrogen and oxygen atoms in total. The molecule has 1 unspecified atom stereocenters. The number of ether oxygens (including phenoxy) is 1. The van der Waals surface area contributed by atoms with Gasteiger partial charge >= 0.3 is 5.97 Å². The lowest BCUT2D eigenvalue weighted by molar-refractivity contribution is -0.153. The fraction of sp³-hybridized carbons (Fsp3) is 0.414. The molecule has 1 heterocycles. The summed E-state index contributed by atoms with van der Waals surface area (Å²) in [6.07, 6.45) is 5.84. The Labute approximate surface area is 210 Å². The molecule has 6 heteroatoms. The highest BCUT2D eigenvalue weighted by Crippen LogP contribution is 2.47. The number of ketones is 1. The van der Waals surface area contributed by atoms with Crippen molar-refractivity contribution in [2.75, 3.05) is 0 Å². The lowest BCUT2D eigenvalue weighted by atomic mass is 9.69. The van der Waals surface area contributed by atoms with Gasteiger partial charge in [0, 0.05) is 34.3 Å². The summed E-state index contributed by atoms with van der Waals surface area (Å²) in [7, 11) is 0. The largest absolute Gasteiger partial charge is 0.462 e. The number of esters is 1. The summed E-state index contributed by atoms with van der Waals surface area (Å²) < 4.78 is 19.7. The molecule has 35 heavy (non-hydrogen) atoms. The Hall–Kier alpha value is -2.79. The third-order valence-corrected chi connectivity index (χ3v) is 7.80. The Kier molecular flexibility index (Phi) is 6.88. The molecule has 0 spiro atoms. The molecular weight excluding hydrogens is 465 g/mol. The van der Waals surface area contributed by atoms with Crippen LogP contribution in [0.4, 0.5) is 4.39 Å². The third kappa shape index (κ3) is 4.97. The molecule has 3 aliphatic rings. The van der Waals surface area contributed by atoms with E-state index >= 15 is 0 Å². The van der Waals surface area contributed by atoms with Crippen molar-refractivity contribution < 1.29 is 18.7 Å². The zero-order valence-electron chi connectivity index (χ0n) is 19.8. The Balaban J connectivity index is 1.51. The Morgan fingerprint density at radius 3 is 2.31 bits per heavy atom. The first-order valence-electron chi connectivity index (χ1n) is 12.4. The van der Waals surface area contributed by atoms with Gasteiger partial charge in [0.25, 0.3) is 0 Å². The number of benzene rings is 2. The molecule has 5 rings (SSSR count). The first-order valence-corrected chi connectivity index (χ1v) is 12.8. The standard InChI is InChI=1S/C29H29ClFNO3/c1-17-26(29(34)35-23-5-3-2-4-6-23)27(19-9-13-22(31)14-10-19)28-24(32-17)15-20(16-25(28)33)18-7-11-21(30)12-8-18/h7-14,20,23,26-27H,2-6,15-16H2,1H3/t20-,26?,27+/m1/s1. The minimum absolute atomic E-state index is 0.00493. The molecule has 0 amide bonds. The molecule has 0 radical (unpaired) electrons. The number of carbonyl (C=O) groups is 2. The summed E-state index contributed by atoms with van der Waals surface area (Å²) in [4.78, 5) is 31.9. The summed E-state index contributed by atoms with van der Waals surface area (Å²) in [5.41, 5.74) is 3.70. The number of nitrogens with zero attached hydrogens (tertiary/aromatic N) is 1. The average molecular weight is 494 g/mol. The highest BCUT2D eigenvalue weighted by atomic mass is 35.5. The van der Waals surface area contributed by atoms with Crippen molar-refractivity contribution in [3.05, 3.63) is 81.8 Å². The maximum atomic E-state index is 13.8. The molecule has 0 aromatic heterocycles. The SMILES string of the molecule is CC1=NC2=C(C(=O)C[C@H](c3ccc(Cl)cc3)C2)[C@@H](c2ccc(F)cc2)C1C(=O)OC1CCCCC1. The van der Waals surface area contributed by atoms with E-state index in [-0.39, 0.29) is 29.6 Å². The van der Waals surface area contributed by atoms with Crippen molar-refractivity contribution in [3.8, 4) is 0 Å². The van der Waals surface area contributed by atoms with E-state index in [1.807, 2.05) is 31.2 Å². The van der Waals surface area contributed by atoms with Crippen LogP contribution >= 0.6 is 11.6 Å². The van der Waals surface area contributed by atoms with Crippen molar-refractivity contribution >= 4 is 29.1 Å². The van der Waals surface area contributed by atoms with Crippen LogP contribution in [-0.2, 0) is 14.3 Å². The number of rotatable bonds is 4. The third-order valence-electron chi connectivity index (χ3n) is 7.55. The number of carbonyl (C=O) groups excluding carboxylic acids is 2. The van der Waals surface area contributed by atoms with Crippen LogP contribution in [-0.4, -0.2) is 23.6 Å². The zero-order valence-corrected chi connectivity index (χ0v) is 20.6. The Morgan fingerprint density at radius 1 is 0.971 bits per heavy atom. The number of halogens is 2. The Morgan fingerprint density at radius 2 is 1.63 bits per heavy atom. The Bertz CT molecular complexity index is 1180. The molecule has 2 aromatic rings. The van der Waals surface area contributed by atoms with Crippen LogP contribution in [0.5, 0.6) is 0 Å². The second-order valence-corrected chi connectivity index (χ2v) is 10.3. The van der Waals surface area contributed by atoms with E-state index in [2.05, 4.69) is 0 Å². The van der Waals surface area contributed by atoms with Crippen molar-refractivity contribution in [2.45, 2.75) is 69.8 Å². The molecule has 0 saturated heterocycles. The monoisotopic (exact) mass is 493 g/mol. The molecule has 182 valence electrons. The van der Waals surface area contributed by atoms with Crippen LogP contribution in [0.2, 0.25) is 5.02 Å². The summed E-state index contributed by atoms with van der Waals surface area (Å²) in [6, 6.07) is 13.7. The predicted octanol–water partition coefficient (Wildman–Crippen LogP) is 6.93. The van der Waals surface area contributed by atoms with Crippen LogP contribution < -0.4 is 0 Å². The van der Waals surface area contributed by atoms with Gasteiger partial charge in [-0.3, -0.25) is 14.6 Å². The van der Waals surface area contributed by atoms with Crippen LogP contribution in [0.25, 0.3) is 0 Å². The first kappa shape index (κ1) is 23.9. The fourth-order valence-corrected chi connectivity index (χ4v) is 5.91. The highest BCUT2D eigenvalue weighted by molar-refractivity contribution is 6.30. The van der Waals surface area contributed by atoms with Gasteiger partial charge < -0.3 is 4.74 Å². The first-order chi connectivity index (χ1) is 16.9. The molecule has 0 N–H and O–H groups in total. The van der Waals surface area contributed by atoms with Crippen molar-refractivity contribution in [3.63, 3.8) is 0 Å². The number of hydrogen-bond donors (Lipinski definition) is 0. The number of allylic oxidation sites excluding steroid dienone is 2. The van der Waals surface area contributed by atoms with Crippen LogP contribution in [0.15, 0.2) is 64.8 Å². The minimum Gasteiger partial charge on any atom is -0.462 e. The smallest absolute Gasteiger partial charge is 0.315 e. The number of aliphatic imine (C=N–C) groups is 1. The molecule has 2 aromatic carbocycles. The van der Waals surface area contributed by atoms with Gasteiger partial charge in [-0.1, -0.05) is 42.3 Å². The summed E-state index contributed by atoms with van der Waals surface area (Å²) in [6.45, 7) is 1.84. The van der Waals surface area contributed by atoms with Crippen molar-refractivity contribution in [2.24, 2.45) is 10.9 Å². The van der Waals surface area contributed by atoms with Gasteiger partial charge in [0.15, 0.2) is 5.78 Å². The summed E-state index contributed by atoms with van der Waals surface area (Å²) in [5.74, 6) is -1.95. The van der Waals surface area contributed by atoms with E-state index in [1.54, 1.807) is 12.1 Å². The zero-order chi connectivity index (χ0) is 24.5. The molecular formula is C29H29ClFNO3. The van der Waals surface area contributed by atoms with Crippen molar-refractivity contribution in [1.82, 2.24) is 0 Å². The molecule has 1 aliphatic heterocycles. The maximum absolute atomic E-state index is 13.8. The van der Waals surface area contributed by atoms with E-state index in [0.717, 1.165) is 48.9 Å². The second kappa shape index (κ2) is 10.1. The van der Waals surface area contributed by atoms with E-state index < -0.39 is 11.8 Å². The second-order valence-electron chi connectivity index (χ2n) is 9.90. The van der Waals surface area contributed by atoms with Crippen LogP contribution in [0.3, 0.4) is 0 Å². The topological polar surface area (TPSA) is 55.7 Å². The minimum atomic E-state index is -0.697. The van der Waals surface area contributed by atoms with Gasteiger partial charge in [0.2, 0.25) is 0 Å². The summed E-state index contributed by atoms with van der Waals surface area (Å²) >= 11 is 6.05. The maximum Gasteiger partial charge on any atom is 0.315 e. The summed E-state index contributed by atoms with van der Waals surface area (Å²) in [5, 5.41) is 0.651. The molecule has 0 bridgehead atoms. The number of Topliss-reactive ketones (excluding diaryl/α,β-unsaturated/α-hetero) is 1. The van der Waals surface area contributed by atoms with Gasteiger partial charge in [-0.05, 0) is 80.3 Å². The molecule has 1 fully saturated rings. The van der Waals surface area contributed by atoms with Crippen LogP contribution in [0.1, 0.15) is 74.8 Å². The average Bonchev–Trinajstić information content (AvgIpc) is 2.84. The number of hydrogen-bond acceptors (Lipinski definition) is 4. The normalized spacial score (nSPS) is 25.2. The lowest BCUT2D eigenvalue weighted by Crippen LogP contribution is -2.39.